The summed E-state index contributed by atoms with van der Waals surface area (Å²) in [5, 5.41) is 2.75. The summed E-state index contributed by atoms with van der Waals surface area (Å²) in [6, 6.07) is 1.60. The van der Waals surface area contributed by atoms with E-state index in [1.165, 1.54) is 0 Å². The molecule has 0 aliphatic carbocycles. The van der Waals surface area contributed by atoms with Crippen LogP contribution in [0.1, 0.15) is 37.9 Å². The predicted octanol–water partition coefficient (Wildman–Crippen LogP) is 1.91. The van der Waals surface area contributed by atoms with Gasteiger partial charge in [0.25, 0.3) is 0 Å². The first-order valence-electron chi connectivity index (χ1n) is 5.93. The number of hydrogen-bond donors (Lipinski definition) is 2. The number of rotatable bonds is 3. The molecule has 0 aromatic carbocycles. The van der Waals surface area contributed by atoms with E-state index in [1.54, 1.807) is 12.4 Å². The summed E-state index contributed by atoms with van der Waals surface area (Å²) >= 11 is 0. The molecule has 18 heavy (non-hydrogen) atoms. The highest BCUT2D eigenvalue weighted by Gasteiger charge is 2.20. The first kappa shape index (κ1) is 14.4. The number of carbonyl (C=O) groups excluding carboxylic acids is 1. The molecule has 0 bridgehead atoms. The minimum Gasteiger partial charge on any atom is -0.444 e. The van der Waals surface area contributed by atoms with Crippen LogP contribution < -0.4 is 11.1 Å². The third-order valence-electron chi connectivity index (χ3n) is 2.38. The molecule has 100 valence electrons. The van der Waals surface area contributed by atoms with Gasteiger partial charge in [-0.1, -0.05) is 0 Å². The summed E-state index contributed by atoms with van der Waals surface area (Å²) in [5.74, 6) is 0. The van der Waals surface area contributed by atoms with E-state index >= 15 is 0 Å². The molecule has 1 unspecified atom stereocenters. The maximum atomic E-state index is 11.7. The molecule has 0 saturated heterocycles. The van der Waals surface area contributed by atoms with Crippen molar-refractivity contribution in [1.29, 1.82) is 0 Å². The second-order valence-corrected chi connectivity index (χ2v) is 5.17. The van der Waals surface area contributed by atoms with E-state index in [0.29, 0.717) is 6.54 Å². The summed E-state index contributed by atoms with van der Waals surface area (Å²) in [4.78, 5) is 15.8. The number of hydrogen-bond acceptors (Lipinski definition) is 4. The van der Waals surface area contributed by atoms with Crippen LogP contribution in [-0.2, 0) is 4.74 Å². The Balaban J connectivity index is 2.74. The van der Waals surface area contributed by atoms with E-state index in [-0.39, 0.29) is 6.04 Å². The van der Waals surface area contributed by atoms with Crippen LogP contribution in [0.4, 0.5) is 4.79 Å². The Morgan fingerprint density at radius 1 is 1.56 bits per heavy atom. The first-order valence-corrected chi connectivity index (χ1v) is 5.93. The maximum absolute atomic E-state index is 11.7. The number of nitrogens with one attached hydrogen (secondary N) is 1. The van der Waals surface area contributed by atoms with Gasteiger partial charge in [-0.25, -0.2) is 4.79 Å². The van der Waals surface area contributed by atoms with E-state index in [9.17, 15) is 4.79 Å². The Bertz CT molecular complexity index is 413. The van der Waals surface area contributed by atoms with Crippen molar-refractivity contribution in [3.05, 3.63) is 29.6 Å². The van der Waals surface area contributed by atoms with Gasteiger partial charge in [-0.3, -0.25) is 4.98 Å². The van der Waals surface area contributed by atoms with Crippen molar-refractivity contribution in [2.24, 2.45) is 5.73 Å². The van der Waals surface area contributed by atoms with Crippen molar-refractivity contribution < 1.29 is 9.53 Å². The van der Waals surface area contributed by atoms with Gasteiger partial charge in [-0.15, -0.1) is 0 Å². The number of nitrogens with zero attached hydrogens (tertiary/aromatic N) is 1. The van der Waals surface area contributed by atoms with Gasteiger partial charge in [0.2, 0.25) is 0 Å². The highest BCUT2D eigenvalue weighted by molar-refractivity contribution is 5.68. The standard InChI is InChI=1S/C13H21N3O2/c1-9-5-6-15-8-10(9)11(7-14)16-12(17)18-13(2,3)4/h5-6,8,11H,7,14H2,1-4H3,(H,16,17). The molecule has 1 heterocycles. The van der Waals surface area contributed by atoms with Gasteiger partial charge in [-0.2, -0.15) is 0 Å². The van der Waals surface area contributed by atoms with Crippen LogP contribution in [0.15, 0.2) is 18.5 Å². The SMILES string of the molecule is Cc1ccncc1C(CN)NC(=O)OC(C)(C)C. The molecule has 1 atom stereocenters. The van der Waals surface area contributed by atoms with Crippen LogP contribution in [0.5, 0.6) is 0 Å². The predicted molar refractivity (Wildman–Crippen MR) is 70.1 cm³/mol. The molecule has 1 rings (SSSR count). The fourth-order valence-electron chi connectivity index (χ4n) is 1.55. The quantitative estimate of drug-likeness (QED) is 0.860. The first-order chi connectivity index (χ1) is 8.33. The molecule has 1 aromatic heterocycles. The number of pyridine rings is 1. The molecule has 5 heteroatoms. The van der Waals surface area contributed by atoms with Crippen molar-refractivity contribution >= 4 is 6.09 Å². The van der Waals surface area contributed by atoms with Crippen LogP contribution in [0, 0.1) is 6.92 Å². The molecular formula is C13H21N3O2. The molecule has 5 nitrogen and oxygen atoms in total. The van der Waals surface area contributed by atoms with Gasteiger partial charge in [0, 0.05) is 18.9 Å². The van der Waals surface area contributed by atoms with Gasteiger partial charge in [0.05, 0.1) is 6.04 Å². The smallest absolute Gasteiger partial charge is 0.408 e. The van der Waals surface area contributed by atoms with E-state index < -0.39 is 11.7 Å². The lowest BCUT2D eigenvalue weighted by Gasteiger charge is -2.23. The van der Waals surface area contributed by atoms with Crippen molar-refractivity contribution in [2.75, 3.05) is 6.54 Å². The van der Waals surface area contributed by atoms with Crippen LogP contribution in [0.25, 0.3) is 0 Å². The molecule has 1 amide bonds. The summed E-state index contributed by atoms with van der Waals surface area (Å²) in [5.41, 5.74) is 7.11. The summed E-state index contributed by atoms with van der Waals surface area (Å²) in [6.07, 6.45) is 2.95. The molecule has 3 N–H and O–H groups in total. The van der Waals surface area contributed by atoms with Gasteiger partial charge < -0.3 is 15.8 Å². The monoisotopic (exact) mass is 251 g/mol. The second kappa shape index (κ2) is 5.82. The lowest BCUT2D eigenvalue weighted by atomic mass is 10.0. The van der Waals surface area contributed by atoms with Crippen molar-refractivity contribution in [1.82, 2.24) is 10.3 Å². The Morgan fingerprint density at radius 3 is 2.72 bits per heavy atom. The number of ether oxygens (including phenoxy) is 1. The van der Waals surface area contributed by atoms with Crippen LogP contribution in [0.2, 0.25) is 0 Å². The number of amides is 1. The minimum absolute atomic E-state index is 0.284. The zero-order valence-electron chi connectivity index (χ0n) is 11.4. The summed E-state index contributed by atoms with van der Waals surface area (Å²) < 4.78 is 5.21. The lowest BCUT2D eigenvalue weighted by molar-refractivity contribution is 0.0505. The number of aryl methyl sites for hydroxylation is 1. The molecule has 1 aromatic rings. The number of alkyl carbamates (subject to hydrolysis) is 1. The normalized spacial score (nSPS) is 12.9. The molecule has 0 radical (unpaired) electrons. The Labute approximate surface area is 108 Å². The highest BCUT2D eigenvalue weighted by Crippen LogP contribution is 2.16. The topological polar surface area (TPSA) is 77.2 Å². The van der Waals surface area contributed by atoms with Gasteiger partial charge >= 0.3 is 6.09 Å². The maximum Gasteiger partial charge on any atom is 0.408 e. The summed E-state index contributed by atoms with van der Waals surface area (Å²) in [6.45, 7) is 7.71. The Kier molecular flexibility index (Phi) is 4.67. The fraction of sp³-hybridized carbons (Fsp3) is 0.538. The largest absolute Gasteiger partial charge is 0.444 e. The van der Waals surface area contributed by atoms with Crippen LogP contribution in [-0.4, -0.2) is 23.2 Å². The molecule has 0 aliphatic rings. The zero-order valence-corrected chi connectivity index (χ0v) is 11.4. The number of carbonyl (C=O) groups is 1. The minimum atomic E-state index is -0.521. The van der Waals surface area contributed by atoms with E-state index in [0.717, 1.165) is 11.1 Å². The average molecular weight is 251 g/mol. The Morgan fingerprint density at radius 2 is 2.22 bits per heavy atom. The second-order valence-electron chi connectivity index (χ2n) is 5.17. The number of aromatic nitrogens is 1. The fourth-order valence-corrected chi connectivity index (χ4v) is 1.55. The zero-order chi connectivity index (χ0) is 13.8. The van der Waals surface area contributed by atoms with E-state index in [1.807, 2.05) is 33.8 Å². The molecule has 0 spiro atoms. The molecule has 0 aliphatic heterocycles. The van der Waals surface area contributed by atoms with Crippen molar-refractivity contribution in [3.8, 4) is 0 Å². The van der Waals surface area contributed by atoms with Crippen molar-refractivity contribution in [2.45, 2.75) is 39.3 Å². The van der Waals surface area contributed by atoms with Crippen molar-refractivity contribution in [3.63, 3.8) is 0 Å². The lowest BCUT2D eigenvalue weighted by Crippen LogP contribution is -2.38. The third kappa shape index (κ3) is 4.33. The van der Waals surface area contributed by atoms with E-state index in [4.69, 9.17) is 10.5 Å². The van der Waals surface area contributed by atoms with Gasteiger partial charge in [0.15, 0.2) is 0 Å². The average Bonchev–Trinajstić information content (AvgIpc) is 2.24. The highest BCUT2D eigenvalue weighted by atomic mass is 16.6. The molecular weight excluding hydrogens is 230 g/mol. The third-order valence-corrected chi connectivity index (χ3v) is 2.38. The van der Waals surface area contributed by atoms with Gasteiger partial charge in [0.1, 0.15) is 5.60 Å². The van der Waals surface area contributed by atoms with Crippen LogP contribution >= 0.6 is 0 Å². The van der Waals surface area contributed by atoms with Crippen LogP contribution in [0.3, 0.4) is 0 Å². The molecule has 0 saturated carbocycles. The Hall–Kier alpha value is -1.62. The molecule has 0 fully saturated rings. The number of nitrogens with two attached hydrogens (primary N) is 1. The van der Waals surface area contributed by atoms with E-state index in [2.05, 4.69) is 10.3 Å². The summed E-state index contributed by atoms with van der Waals surface area (Å²) in [7, 11) is 0. The van der Waals surface area contributed by atoms with Gasteiger partial charge in [-0.05, 0) is 44.9 Å².